The summed E-state index contributed by atoms with van der Waals surface area (Å²) in [6, 6.07) is 3.61. The van der Waals surface area contributed by atoms with Crippen LogP contribution in [0.5, 0.6) is 0 Å². The van der Waals surface area contributed by atoms with Crippen LogP contribution in [-0.4, -0.2) is 62.3 Å². The van der Waals surface area contributed by atoms with E-state index < -0.39 is 23.9 Å². The Morgan fingerprint density at radius 1 is 0.625 bits per heavy atom. The molecule has 2 aromatic heterocycles. The van der Waals surface area contributed by atoms with Crippen molar-refractivity contribution in [1.82, 2.24) is 9.97 Å². The van der Waals surface area contributed by atoms with Crippen molar-refractivity contribution in [2.45, 2.75) is 13.8 Å². The van der Waals surface area contributed by atoms with Crippen LogP contribution < -0.4 is 0 Å². The van der Waals surface area contributed by atoms with E-state index in [4.69, 9.17) is 0 Å². The third-order valence-corrected chi connectivity index (χ3v) is 4.60. The fourth-order valence-electron chi connectivity index (χ4n) is 2.87. The maximum Gasteiger partial charge on any atom is 0.345 e. The van der Waals surface area contributed by atoms with Crippen LogP contribution in [0.15, 0.2) is 23.3 Å². The second kappa shape index (κ2) is 10.3. The quantitative estimate of drug-likeness (QED) is 0.218. The van der Waals surface area contributed by atoms with Crippen molar-refractivity contribution < 1.29 is 38.1 Å². The summed E-state index contributed by atoms with van der Waals surface area (Å²) in [7, 11) is 4.67. The highest BCUT2D eigenvalue weighted by Crippen LogP contribution is 2.26. The topological polar surface area (TPSA) is 137 Å². The van der Waals surface area contributed by atoms with Gasteiger partial charge in [-0.3, -0.25) is 0 Å². The Labute approximate surface area is 184 Å². The van der Waals surface area contributed by atoms with Crippen LogP contribution in [-0.2, 0) is 38.1 Å². The molecule has 0 atom stereocenters. The van der Waals surface area contributed by atoms with Crippen molar-refractivity contribution in [3.8, 4) is 11.4 Å². The molecule has 10 heteroatoms. The molecule has 0 aromatic carbocycles. The Kier molecular flexibility index (Phi) is 7.78. The summed E-state index contributed by atoms with van der Waals surface area (Å²) < 4.78 is 18.6. The number of hydrogen-bond acceptors (Lipinski definition) is 8. The van der Waals surface area contributed by atoms with Gasteiger partial charge in [0.15, 0.2) is 0 Å². The molecule has 2 heterocycles. The molecule has 0 aliphatic heterocycles. The number of ether oxygens (including phenoxy) is 4. The summed E-state index contributed by atoms with van der Waals surface area (Å²) in [6.45, 7) is 3.59. The highest BCUT2D eigenvalue weighted by atomic mass is 16.5. The van der Waals surface area contributed by atoms with Crippen LogP contribution in [0.4, 0.5) is 0 Å². The molecule has 0 aliphatic rings. The Hall–Kier alpha value is -4.08. The number of hydrogen-bond donors (Lipinski definition) is 2. The number of nitrogens with one attached hydrogen (secondary N) is 2. The normalized spacial score (nSPS) is 10.1. The minimum atomic E-state index is -0.825. The monoisotopic (exact) mass is 444 g/mol. The molecule has 10 nitrogen and oxygen atoms in total. The molecule has 0 fully saturated rings. The summed E-state index contributed by atoms with van der Waals surface area (Å²) in [5.41, 5.74) is 3.25. The van der Waals surface area contributed by atoms with Crippen LogP contribution in [0.2, 0.25) is 0 Å². The van der Waals surface area contributed by atoms with Gasteiger partial charge in [-0.05, 0) is 49.3 Å². The first-order valence-corrected chi connectivity index (χ1v) is 9.33. The van der Waals surface area contributed by atoms with Crippen LogP contribution >= 0.6 is 0 Å². The number of carbonyl (C=O) groups is 4. The Bertz CT molecular complexity index is 993. The summed E-state index contributed by atoms with van der Waals surface area (Å²) in [5.74, 6) is -3.30. The molecule has 0 saturated heterocycles. The van der Waals surface area contributed by atoms with Gasteiger partial charge in [-0.15, -0.1) is 0 Å². The molecule has 0 unspecified atom stereocenters. The second-order valence-electron chi connectivity index (χ2n) is 6.64. The Balaban J connectivity index is 2.50. The van der Waals surface area contributed by atoms with Gasteiger partial charge in [0.2, 0.25) is 0 Å². The number of aromatic nitrogens is 2. The van der Waals surface area contributed by atoms with Gasteiger partial charge < -0.3 is 28.9 Å². The van der Waals surface area contributed by atoms with E-state index in [1.807, 2.05) is 0 Å². The van der Waals surface area contributed by atoms with Gasteiger partial charge in [0.1, 0.15) is 11.1 Å². The predicted molar refractivity (Wildman–Crippen MR) is 114 cm³/mol. The summed E-state index contributed by atoms with van der Waals surface area (Å²) >= 11 is 0. The summed E-state index contributed by atoms with van der Waals surface area (Å²) in [5, 5.41) is 0. The van der Waals surface area contributed by atoms with Gasteiger partial charge >= 0.3 is 23.9 Å². The molecule has 2 rings (SSSR count). The first-order chi connectivity index (χ1) is 15.2. The van der Waals surface area contributed by atoms with Crippen molar-refractivity contribution in [1.29, 1.82) is 0 Å². The number of aryl methyl sites for hydroxylation is 2. The second-order valence-corrected chi connectivity index (χ2v) is 6.64. The van der Waals surface area contributed by atoms with E-state index >= 15 is 0 Å². The van der Waals surface area contributed by atoms with Gasteiger partial charge in [-0.25, -0.2) is 19.2 Å². The van der Waals surface area contributed by atoms with Gasteiger partial charge in [-0.1, -0.05) is 0 Å². The number of methoxy groups -OCH3 is 4. The lowest BCUT2D eigenvalue weighted by molar-refractivity contribution is -0.145. The largest absolute Gasteiger partial charge is 0.465 e. The van der Waals surface area contributed by atoms with Crippen LogP contribution in [0.1, 0.15) is 22.5 Å². The third-order valence-electron chi connectivity index (χ3n) is 4.60. The summed E-state index contributed by atoms with van der Waals surface area (Å²) in [4.78, 5) is 53.9. The fraction of sp³-hybridized carbons (Fsp3) is 0.273. The van der Waals surface area contributed by atoms with Crippen molar-refractivity contribution in [3.05, 3.63) is 45.8 Å². The Morgan fingerprint density at radius 3 is 1.16 bits per heavy atom. The molecule has 0 saturated carbocycles. The van der Waals surface area contributed by atoms with E-state index in [9.17, 15) is 19.2 Å². The maximum absolute atomic E-state index is 11.9. The molecule has 2 N–H and O–H groups in total. The number of H-pyrrole nitrogens is 2. The van der Waals surface area contributed by atoms with Crippen molar-refractivity contribution in [2.24, 2.45) is 0 Å². The smallest absolute Gasteiger partial charge is 0.345 e. The summed E-state index contributed by atoms with van der Waals surface area (Å²) in [6.07, 6.45) is 2.69. The number of carbonyl (C=O) groups excluding carboxylic acids is 4. The van der Waals surface area contributed by atoms with Crippen LogP contribution in [0, 0.1) is 13.8 Å². The van der Waals surface area contributed by atoms with Crippen molar-refractivity contribution >= 4 is 36.0 Å². The van der Waals surface area contributed by atoms with Crippen LogP contribution in [0.3, 0.4) is 0 Å². The molecular formula is C22H24N2O8. The fourth-order valence-corrected chi connectivity index (χ4v) is 2.87. The standard InChI is InChI=1S/C22H24N2O8/c1-11-7-17(23-15(11)9-13(19(25)29-3)20(26)30-4)18-8-12(2)16(24-18)10-14(21(27)31-5)22(28)32-6/h7-10,23-24H,1-6H3. The molecule has 0 bridgehead atoms. The van der Waals surface area contributed by atoms with E-state index in [0.717, 1.165) is 11.1 Å². The molecule has 0 spiro atoms. The van der Waals surface area contributed by atoms with E-state index in [1.54, 1.807) is 26.0 Å². The van der Waals surface area contributed by atoms with Crippen LogP contribution in [0.25, 0.3) is 23.5 Å². The van der Waals surface area contributed by atoms with Gasteiger partial charge in [-0.2, -0.15) is 0 Å². The average molecular weight is 444 g/mol. The number of rotatable bonds is 7. The lowest BCUT2D eigenvalue weighted by Gasteiger charge is -2.03. The zero-order chi connectivity index (χ0) is 24.0. The Morgan fingerprint density at radius 2 is 0.906 bits per heavy atom. The lowest BCUT2D eigenvalue weighted by atomic mass is 10.1. The van der Waals surface area contributed by atoms with E-state index in [-0.39, 0.29) is 11.1 Å². The average Bonchev–Trinajstić information content (AvgIpc) is 3.35. The zero-order valence-corrected chi connectivity index (χ0v) is 18.6. The van der Waals surface area contributed by atoms with Gasteiger partial charge in [0, 0.05) is 11.4 Å². The highest BCUT2D eigenvalue weighted by Gasteiger charge is 2.22. The first kappa shape index (κ1) is 24.2. The number of esters is 4. The lowest BCUT2D eigenvalue weighted by Crippen LogP contribution is -2.15. The molecule has 0 amide bonds. The molecule has 2 aromatic rings. The van der Waals surface area contributed by atoms with E-state index in [2.05, 4.69) is 28.9 Å². The maximum atomic E-state index is 11.9. The molecule has 170 valence electrons. The van der Waals surface area contributed by atoms with Gasteiger partial charge in [0.05, 0.1) is 39.8 Å². The zero-order valence-electron chi connectivity index (χ0n) is 18.6. The minimum absolute atomic E-state index is 0.265. The highest BCUT2D eigenvalue weighted by molar-refractivity contribution is 6.18. The molecule has 32 heavy (non-hydrogen) atoms. The molecular weight excluding hydrogens is 420 g/mol. The van der Waals surface area contributed by atoms with Crippen molar-refractivity contribution in [3.63, 3.8) is 0 Å². The van der Waals surface area contributed by atoms with E-state index in [0.29, 0.717) is 22.8 Å². The minimum Gasteiger partial charge on any atom is -0.465 e. The van der Waals surface area contributed by atoms with E-state index in [1.165, 1.54) is 40.6 Å². The SMILES string of the molecule is COC(=O)C(=Cc1[nH]c(-c2cc(C)c(C=C(C(=O)OC)C(=O)OC)[nH]2)cc1C)C(=O)OC. The first-order valence-electron chi connectivity index (χ1n) is 9.33. The predicted octanol–water partition coefficient (Wildman–Crippen LogP) is 2.09. The third kappa shape index (κ3) is 5.15. The van der Waals surface area contributed by atoms with Crippen molar-refractivity contribution in [2.75, 3.05) is 28.4 Å². The number of aromatic amines is 2. The molecule has 0 radical (unpaired) electrons. The molecule has 0 aliphatic carbocycles. The van der Waals surface area contributed by atoms with Gasteiger partial charge in [0.25, 0.3) is 0 Å².